The number of rotatable bonds is 4. The number of hydrogen-bond donors (Lipinski definition) is 0. The molecule has 1 fully saturated rings. The van der Waals surface area contributed by atoms with E-state index in [-0.39, 0.29) is 12.1 Å². The summed E-state index contributed by atoms with van der Waals surface area (Å²) in [5.74, 6) is 0.593. The van der Waals surface area contributed by atoms with Crippen molar-refractivity contribution in [1.29, 1.82) is 0 Å². The van der Waals surface area contributed by atoms with Crippen molar-refractivity contribution in [2.24, 2.45) is 0 Å². The van der Waals surface area contributed by atoms with Gasteiger partial charge in [0.25, 0.3) is 0 Å². The van der Waals surface area contributed by atoms with Crippen LogP contribution in [0.5, 0.6) is 5.88 Å². The maximum Gasteiger partial charge on any atom is 0.410 e. The van der Waals surface area contributed by atoms with Crippen LogP contribution < -0.4 is 4.74 Å². The van der Waals surface area contributed by atoms with Gasteiger partial charge in [-0.2, -0.15) is 0 Å². The van der Waals surface area contributed by atoms with E-state index in [1.54, 1.807) is 7.11 Å². The second-order valence-electron chi connectivity index (χ2n) is 6.27. The van der Waals surface area contributed by atoms with Gasteiger partial charge < -0.3 is 14.4 Å². The number of aromatic nitrogens is 1. The van der Waals surface area contributed by atoms with Crippen LogP contribution >= 0.6 is 0 Å². The fraction of sp³-hybridized carbons (Fsp3) is 0.400. The normalized spacial score (nSPS) is 17.2. The summed E-state index contributed by atoms with van der Waals surface area (Å²) in [6.07, 6.45) is 2.76. The van der Waals surface area contributed by atoms with Crippen molar-refractivity contribution in [2.45, 2.75) is 38.8 Å². The Bertz CT molecular complexity index is 718. The molecule has 0 saturated carbocycles. The van der Waals surface area contributed by atoms with Gasteiger partial charge in [-0.15, -0.1) is 0 Å². The smallest absolute Gasteiger partial charge is 0.410 e. The highest BCUT2D eigenvalue weighted by atomic mass is 16.6. The molecular formula is C20H24N2O3. The second-order valence-corrected chi connectivity index (χ2v) is 6.27. The average Bonchev–Trinajstić information content (AvgIpc) is 2.67. The Morgan fingerprint density at radius 2 is 2.00 bits per heavy atom. The Hall–Kier alpha value is -2.56. The van der Waals surface area contributed by atoms with Crippen LogP contribution in [0, 0.1) is 6.92 Å². The molecule has 0 spiro atoms. The minimum atomic E-state index is -0.260. The summed E-state index contributed by atoms with van der Waals surface area (Å²) in [5.41, 5.74) is 2.95. The van der Waals surface area contributed by atoms with E-state index >= 15 is 0 Å². The molecule has 1 aromatic heterocycles. The van der Waals surface area contributed by atoms with Gasteiger partial charge in [-0.05, 0) is 43.4 Å². The third kappa shape index (κ3) is 4.10. The van der Waals surface area contributed by atoms with E-state index in [1.807, 2.05) is 54.3 Å². The number of piperidine rings is 1. The Morgan fingerprint density at radius 1 is 1.20 bits per heavy atom. The lowest BCUT2D eigenvalue weighted by Gasteiger charge is -2.35. The number of likely N-dealkylation sites (tertiary alicyclic amines) is 1. The molecule has 2 heterocycles. The first-order chi connectivity index (χ1) is 12.2. The van der Waals surface area contributed by atoms with Crippen LogP contribution in [-0.2, 0) is 11.3 Å². The number of nitrogens with zero attached hydrogens (tertiary/aromatic N) is 2. The zero-order valence-corrected chi connectivity index (χ0v) is 14.8. The number of carbonyl (C=O) groups is 1. The minimum Gasteiger partial charge on any atom is -0.481 e. The molecule has 3 rings (SSSR count). The van der Waals surface area contributed by atoms with Gasteiger partial charge in [-0.25, -0.2) is 9.78 Å². The summed E-state index contributed by atoms with van der Waals surface area (Å²) in [6, 6.07) is 13.6. The van der Waals surface area contributed by atoms with Crippen LogP contribution in [0.2, 0.25) is 0 Å². The molecule has 5 heteroatoms. The highest BCUT2D eigenvalue weighted by Crippen LogP contribution is 2.33. The van der Waals surface area contributed by atoms with Gasteiger partial charge in [0.05, 0.1) is 13.2 Å². The standard InChI is InChI=1S/C20H24N2O3/c1-15-17(11-12-19(21-15)24-2)18-10-6-7-13-22(18)20(23)25-14-16-8-4-3-5-9-16/h3-5,8-9,11-12,18H,6-7,10,13-14H2,1-2H3/t18-/m0/s1. The van der Waals surface area contributed by atoms with Crippen molar-refractivity contribution in [3.63, 3.8) is 0 Å². The maximum atomic E-state index is 12.6. The van der Waals surface area contributed by atoms with Crippen LogP contribution in [0.1, 0.15) is 42.1 Å². The SMILES string of the molecule is COc1ccc([C@@H]2CCCCN2C(=O)OCc2ccccc2)c(C)n1. The first kappa shape index (κ1) is 17.3. The molecular weight excluding hydrogens is 316 g/mol. The fourth-order valence-corrected chi connectivity index (χ4v) is 3.29. The molecule has 0 unspecified atom stereocenters. The summed E-state index contributed by atoms with van der Waals surface area (Å²) < 4.78 is 10.7. The van der Waals surface area contributed by atoms with Gasteiger partial charge in [0.2, 0.25) is 5.88 Å². The molecule has 0 N–H and O–H groups in total. The zero-order chi connectivity index (χ0) is 17.6. The number of aryl methyl sites for hydroxylation is 1. The minimum absolute atomic E-state index is 0.00966. The molecule has 25 heavy (non-hydrogen) atoms. The zero-order valence-electron chi connectivity index (χ0n) is 14.8. The van der Waals surface area contributed by atoms with Crippen molar-refractivity contribution in [1.82, 2.24) is 9.88 Å². The molecule has 132 valence electrons. The first-order valence-corrected chi connectivity index (χ1v) is 8.68. The van der Waals surface area contributed by atoms with Gasteiger partial charge in [0.15, 0.2) is 0 Å². The molecule has 1 aromatic carbocycles. The van der Waals surface area contributed by atoms with Crippen LogP contribution in [0.4, 0.5) is 4.79 Å². The van der Waals surface area contributed by atoms with Crippen molar-refractivity contribution >= 4 is 6.09 Å². The number of methoxy groups -OCH3 is 1. The van der Waals surface area contributed by atoms with Crippen molar-refractivity contribution < 1.29 is 14.3 Å². The molecule has 1 amide bonds. The number of carbonyl (C=O) groups excluding carboxylic acids is 1. The first-order valence-electron chi connectivity index (χ1n) is 8.68. The maximum absolute atomic E-state index is 12.6. The Labute approximate surface area is 148 Å². The van der Waals surface area contributed by atoms with Crippen LogP contribution in [0.15, 0.2) is 42.5 Å². The van der Waals surface area contributed by atoms with Crippen LogP contribution in [0.3, 0.4) is 0 Å². The highest BCUT2D eigenvalue weighted by molar-refractivity contribution is 5.68. The van der Waals surface area contributed by atoms with Crippen molar-refractivity contribution in [3.05, 3.63) is 59.3 Å². The fourth-order valence-electron chi connectivity index (χ4n) is 3.29. The largest absolute Gasteiger partial charge is 0.481 e. The Balaban J connectivity index is 1.73. The van der Waals surface area contributed by atoms with Gasteiger partial charge in [0, 0.05) is 18.3 Å². The molecule has 0 aliphatic carbocycles. The lowest BCUT2D eigenvalue weighted by atomic mass is 9.95. The van der Waals surface area contributed by atoms with E-state index in [4.69, 9.17) is 9.47 Å². The van der Waals surface area contributed by atoms with E-state index in [9.17, 15) is 4.79 Å². The third-order valence-corrected chi connectivity index (χ3v) is 4.61. The molecule has 2 aromatic rings. The quantitative estimate of drug-likeness (QED) is 0.834. The average molecular weight is 340 g/mol. The second kappa shape index (κ2) is 8.01. The van der Waals surface area contributed by atoms with Crippen LogP contribution in [-0.4, -0.2) is 29.6 Å². The number of hydrogen-bond acceptors (Lipinski definition) is 4. The summed E-state index contributed by atoms with van der Waals surface area (Å²) in [6.45, 7) is 2.96. The molecule has 5 nitrogen and oxygen atoms in total. The molecule has 1 saturated heterocycles. The number of amides is 1. The van der Waals surface area contributed by atoms with E-state index < -0.39 is 0 Å². The topological polar surface area (TPSA) is 51.7 Å². The number of benzene rings is 1. The lowest BCUT2D eigenvalue weighted by molar-refractivity contribution is 0.0676. The summed E-state index contributed by atoms with van der Waals surface area (Å²) in [4.78, 5) is 18.9. The molecule has 1 atom stereocenters. The monoisotopic (exact) mass is 340 g/mol. The van der Waals surface area contributed by atoms with E-state index in [1.165, 1.54) is 0 Å². The van der Waals surface area contributed by atoms with Gasteiger partial charge >= 0.3 is 6.09 Å². The van der Waals surface area contributed by atoms with Gasteiger partial charge in [0.1, 0.15) is 6.61 Å². The lowest BCUT2D eigenvalue weighted by Crippen LogP contribution is -2.39. The van der Waals surface area contributed by atoms with Crippen LogP contribution in [0.25, 0.3) is 0 Å². The third-order valence-electron chi connectivity index (χ3n) is 4.61. The molecule has 1 aliphatic heterocycles. The van der Waals surface area contributed by atoms with E-state index in [0.717, 1.165) is 36.1 Å². The Kier molecular flexibility index (Phi) is 5.53. The molecule has 0 radical (unpaired) electrons. The predicted octanol–water partition coefficient (Wildman–Crippen LogP) is 4.26. The summed E-state index contributed by atoms with van der Waals surface area (Å²) >= 11 is 0. The highest BCUT2D eigenvalue weighted by Gasteiger charge is 2.30. The van der Waals surface area contributed by atoms with Crippen molar-refractivity contribution in [3.8, 4) is 5.88 Å². The Morgan fingerprint density at radius 3 is 2.72 bits per heavy atom. The van der Waals surface area contributed by atoms with E-state index in [2.05, 4.69) is 4.98 Å². The van der Waals surface area contributed by atoms with Gasteiger partial charge in [-0.3, -0.25) is 0 Å². The summed E-state index contributed by atoms with van der Waals surface area (Å²) in [7, 11) is 1.61. The number of pyridine rings is 1. The number of ether oxygens (including phenoxy) is 2. The van der Waals surface area contributed by atoms with E-state index in [0.29, 0.717) is 19.0 Å². The predicted molar refractivity (Wildman–Crippen MR) is 95.5 cm³/mol. The summed E-state index contributed by atoms with van der Waals surface area (Å²) in [5, 5.41) is 0. The molecule has 1 aliphatic rings. The van der Waals surface area contributed by atoms with Crippen molar-refractivity contribution in [2.75, 3.05) is 13.7 Å². The van der Waals surface area contributed by atoms with Gasteiger partial charge in [-0.1, -0.05) is 30.3 Å². The molecule has 0 bridgehead atoms.